The van der Waals surface area contributed by atoms with Gasteiger partial charge in [0.05, 0.1) is 0 Å². The van der Waals surface area contributed by atoms with Gasteiger partial charge < -0.3 is 0 Å². The lowest BCUT2D eigenvalue weighted by Gasteiger charge is -2.12. The molecule has 0 atom stereocenters. The van der Waals surface area contributed by atoms with E-state index < -0.39 is 0 Å². The summed E-state index contributed by atoms with van der Waals surface area (Å²) in [6.45, 7) is 4.51. The van der Waals surface area contributed by atoms with Crippen LogP contribution in [0.3, 0.4) is 0 Å². The van der Waals surface area contributed by atoms with E-state index in [1.54, 1.807) is 0 Å². The van der Waals surface area contributed by atoms with Crippen LogP contribution in [-0.2, 0) is 12.8 Å². The minimum atomic E-state index is 1.03. The molecule has 0 aliphatic rings. The van der Waals surface area contributed by atoms with Crippen molar-refractivity contribution in [3.8, 4) is 24.2 Å². The van der Waals surface area contributed by atoms with Crippen LogP contribution in [0.5, 0.6) is 0 Å². The van der Waals surface area contributed by atoms with Gasteiger partial charge in [0.2, 0.25) is 0 Å². The van der Waals surface area contributed by atoms with Crippen molar-refractivity contribution in [3.05, 3.63) is 94.5 Å². The predicted molar refractivity (Wildman–Crippen MR) is 158 cm³/mol. The molecule has 0 heterocycles. The van der Waals surface area contributed by atoms with Crippen LogP contribution in [-0.4, -0.2) is 0 Å². The van der Waals surface area contributed by atoms with E-state index in [0.29, 0.717) is 0 Å². The number of fused-ring (bicyclic) bond motifs is 3. The average Bonchev–Trinajstić information content (AvgIpc) is 2.92. The Hall–Kier alpha value is -3.48. The van der Waals surface area contributed by atoms with E-state index in [-0.39, 0.29) is 0 Å². The van der Waals surface area contributed by atoms with Gasteiger partial charge in [-0.2, -0.15) is 0 Å². The molecule has 0 heteroatoms. The Kier molecular flexibility index (Phi) is 9.25. The van der Waals surface area contributed by atoms with Crippen molar-refractivity contribution >= 4 is 21.5 Å². The van der Waals surface area contributed by atoms with Gasteiger partial charge in [-0.1, -0.05) is 119 Å². The number of aryl methyl sites for hydroxylation is 2. The zero-order chi connectivity index (χ0) is 25.2. The highest BCUT2D eigenvalue weighted by Crippen LogP contribution is 2.28. The minimum Gasteiger partial charge on any atom is -0.115 e. The van der Waals surface area contributed by atoms with Gasteiger partial charge in [-0.05, 0) is 76.6 Å². The van der Waals surface area contributed by atoms with Gasteiger partial charge in [0.15, 0.2) is 0 Å². The molecule has 0 aliphatic heterocycles. The average molecular weight is 471 g/mol. The first-order chi connectivity index (χ1) is 17.7. The summed E-state index contributed by atoms with van der Waals surface area (Å²) in [6.07, 6.45) is 18.0. The first-order valence-electron chi connectivity index (χ1n) is 13.8. The van der Waals surface area contributed by atoms with Crippen LogP contribution in [0, 0.1) is 24.2 Å². The molecule has 0 aliphatic carbocycles. The summed E-state index contributed by atoms with van der Waals surface area (Å²) in [7, 11) is 0. The summed E-state index contributed by atoms with van der Waals surface area (Å²) >= 11 is 0. The van der Waals surface area contributed by atoms with Crippen LogP contribution in [0.25, 0.3) is 21.5 Å². The molecule has 0 amide bonds. The molecule has 0 radical (unpaired) electrons. The second-order valence-corrected chi connectivity index (χ2v) is 9.87. The molecule has 0 unspecified atom stereocenters. The van der Waals surface area contributed by atoms with Crippen molar-refractivity contribution in [3.63, 3.8) is 0 Å². The number of hydrogen-bond acceptors (Lipinski definition) is 0. The molecular formula is C36H38. The third-order valence-electron chi connectivity index (χ3n) is 7.18. The van der Waals surface area contributed by atoms with Crippen molar-refractivity contribution in [1.29, 1.82) is 0 Å². The lowest BCUT2D eigenvalue weighted by molar-refractivity contribution is 0.662. The summed E-state index contributed by atoms with van der Waals surface area (Å²) in [5.74, 6) is 10.2. The van der Waals surface area contributed by atoms with Gasteiger partial charge in [-0.25, -0.2) is 0 Å². The largest absolute Gasteiger partial charge is 0.115 e. The maximum Gasteiger partial charge on any atom is 0.0333 e. The van der Waals surface area contributed by atoms with Crippen molar-refractivity contribution < 1.29 is 0 Å². The van der Waals surface area contributed by atoms with Crippen LogP contribution in [0.15, 0.2) is 66.7 Å². The number of hydrogen-bond donors (Lipinski definition) is 0. The fraction of sp³-hybridized carbons (Fsp3) is 0.333. The number of unbranched alkanes of at least 4 members (excludes halogenated alkanes) is 6. The standard InChI is InChI=1S/C36H38/c1-4-7-9-11-17-29-26-31(30(25-28(29)6-3)18-12-10-8-5-2)23-24-33-27-32-19-13-14-20-34(32)36-22-16-15-21-35(33)36/h3,13-16,19-22,25-27H,4-5,7-12,17-18H2,1-2H3. The molecule has 0 nitrogen and oxygen atoms in total. The normalized spacial score (nSPS) is 10.8. The zero-order valence-electron chi connectivity index (χ0n) is 22.0. The van der Waals surface area contributed by atoms with E-state index in [0.717, 1.165) is 29.5 Å². The molecule has 0 aromatic heterocycles. The number of benzene rings is 4. The lowest BCUT2D eigenvalue weighted by Crippen LogP contribution is -1.99. The first-order valence-corrected chi connectivity index (χ1v) is 13.8. The van der Waals surface area contributed by atoms with Gasteiger partial charge in [0, 0.05) is 16.7 Å². The Labute approximate surface area is 218 Å². The van der Waals surface area contributed by atoms with Crippen LogP contribution < -0.4 is 0 Å². The van der Waals surface area contributed by atoms with E-state index in [2.05, 4.69) is 98.3 Å². The monoisotopic (exact) mass is 470 g/mol. The van der Waals surface area contributed by atoms with Gasteiger partial charge in [-0.3, -0.25) is 0 Å². The summed E-state index contributed by atoms with van der Waals surface area (Å²) < 4.78 is 0. The van der Waals surface area contributed by atoms with Crippen molar-refractivity contribution in [1.82, 2.24) is 0 Å². The van der Waals surface area contributed by atoms with Crippen LogP contribution >= 0.6 is 0 Å². The summed E-state index contributed by atoms with van der Waals surface area (Å²) in [5.41, 5.74) is 5.87. The van der Waals surface area contributed by atoms with Crippen LogP contribution in [0.4, 0.5) is 0 Å². The van der Waals surface area contributed by atoms with Crippen molar-refractivity contribution in [2.75, 3.05) is 0 Å². The Bertz CT molecular complexity index is 1420. The molecule has 36 heavy (non-hydrogen) atoms. The predicted octanol–water partition coefficient (Wildman–Crippen LogP) is 9.62. The highest BCUT2D eigenvalue weighted by molar-refractivity contribution is 6.09. The molecule has 0 saturated carbocycles. The number of terminal acetylenes is 1. The molecule has 182 valence electrons. The van der Waals surface area contributed by atoms with E-state index in [1.807, 2.05) is 0 Å². The molecule has 0 bridgehead atoms. The van der Waals surface area contributed by atoms with E-state index in [1.165, 1.54) is 84.0 Å². The fourth-order valence-corrected chi connectivity index (χ4v) is 5.13. The third-order valence-corrected chi connectivity index (χ3v) is 7.18. The van der Waals surface area contributed by atoms with Crippen molar-refractivity contribution in [2.24, 2.45) is 0 Å². The maximum absolute atomic E-state index is 5.97. The topological polar surface area (TPSA) is 0 Å². The van der Waals surface area contributed by atoms with E-state index in [9.17, 15) is 0 Å². The summed E-state index contributed by atoms with van der Waals surface area (Å²) in [4.78, 5) is 0. The molecule has 4 aromatic rings. The van der Waals surface area contributed by atoms with Gasteiger partial charge in [0.25, 0.3) is 0 Å². The van der Waals surface area contributed by atoms with Crippen LogP contribution in [0.2, 0.25) is 0 Å². The smallest absolute Gasteiger partial charge is 0.0333 e. The Morgan fingerprint density at radius 3 is 1.78 bits per heavy atom. The van der Waals surface area contributed by atoms with E-state index in [4.69, 9.17) is 6.42 Å². The van der Waals surface area contributed by atoms with Gasteiger partial charge in [-0.15, -0.1) is 6.42 Å². The third kappa shape index (κ3) is 6.20. The highest BCUT2D eigenvalue weighted by atomic mass is 14.1. The molecule has 0 saturated heterocycles. The summed E-state index contributed by atoms with van der Waals surface area (Å²) in [6, 6.07) is 24.0. The highest BCUT2D eigenvalue weighted by Gasteiger charge is 2.09. The second-order valence-electron chi connectivity index (χ2n) is 9.87. The maximum atomic E-state index is 5.97. The molecule has 0 N–H and O–H groups in total. The Morgan fingerprint density at radius 1 is 0.556 bits per heavy atom. The zero-order valence-corrected chi connectivity index (χ0v) is 22.0. The fourth-order valence-electron chi connectivity index (χ4n) is 5.13. The van der Waals surface area contributed by atoms with Gasteiger partial charge in [0.1, 0.15) is 0 Å². The lowest BCUT2D eigenvalue weighted by atomic mass is 9.92. The molecule has 4 aromatic carbocycles. The van der Waals surface area contributed by atoms with Gasteiger partial charge >= 0.3 is 0 Å². The second kappa shape index (κ2) is 13.0. The molecule has 0 fully saturated rings. The molecular weight excluding hydrogens is 432 g/mol. The Morgan fingerprint density at radius 2 is 1.11 bits per heavy atom. The molecule has 0 spiro atoms. The SMILES string of the molecule is C#Cc1cc(CCCCCC)c(C#Cc2cc3ccccc3c3ccccc23)cc1CCCCCC. The summed E-state index contributed by atoms with van der Waals surface area (Å²) in [5, 5.41) is 5.00. The van der Waals surface area contributed by atoms with E-state index >= 15 is 0 Å². The minimum absolute atomic E-state index is 1.03. The van der Waals surface area contributed by atoms with Crippen molar-refractivity contribution in [2.45, 2.75) is 78.1 Å². The van der Waals surface area contributed by atoms with Crippen LogP contribution in [0.1, 0.15) is 93.0 Å². The Balaban J connectivity index is 1.76. The molecule has 4 rings (SSSR count). The number of rotatable bonds is 10. The quantitative estimate of drug-likeness (QED) is 0.123. The first kappa shape index (κ1) is 25.6.